The van der Waals surface area contributed by atoms with Gasteiger partial charge >= 0.3 is 6.18 Å². The summed E-state index contributed by atoms with van der Waals surface area (Å²) in [4.78, 5) is 12.0. The van der Waals surface area contributed by atoms with Gasteiger partial charge in [-0.3, -0.25) is 10.2 Å². The number of halogens is 3. The highest BCUT2D eigenvalue weighted by Crippen LogP contribution is 2.44. The fourth-order valence-electron chi connectivity index (χ4n) is 4.69. The van der Waals surface area contributed by atoms with Gasteiger partial charge in [-0.05, 0) is 43.4 Å². The summed E-state index contributed by atoms with van der Waals surface area (Å²) in [7, 11) is 0. The molecule has 0 radical (unpaired) electrons. The number of carbonyl (C=O) groups is 1. The maximum Gasteiger partial charge on any atom is 0.409 e. The molecule has 3 rings (SSSR count). The molecule has 0 bridgehead atoms. The monoisotopic (exact) mass is 478 g/mol. The first-order chi connectivity index (χ1) is 16.1. The highest BCUT2D eigenvalue weighted by molar-refractivity contribution is 5.89. The van der Waals surface area contributed by atoms with Crippen LogP contribution in [0.15, 0.2) is 36.4 Å². The van der Waals surface area contributed by atoms with Gasteiger partial charge in [0, 0.05) is 17.3 Å². The number of nitrogens with zero attached hydrogens (tertiary/aromatic N) is 1. The molecule has 1 aliphatic heterocycles. The minimum atomic E-state index is -4.58. The van der Waals surface area contributed by atoms with Gasteiger partial charge in [0.15, 0.2) is 6.04 Å². The number of nitrogens with one attached hydrogen (secondary N) is 1. The number of fused-ring (bicyclic) bond motifs is 1. The van der Waals surface area contributed by atoms with E-state index in [-0.39, 0.29) is 12.0 Å². The van der Waals surface area contributed by atoms with Gasteiger partial charge in [0.1, 0.15) is 5.75 Å². The quantitative estimate of drug-likeness (QED) is 0.322. The summed E-state index contributed by atoms with van der Waals surface area (Å²) in [6.45, 7) is 5.95. The molecule has 4 nitrogen and oxygen atoms in total. The average Bonchev–Trinajstić information content (AvgIpc) is 3.03. The van der Waals surface area contributed by atoms with Crippen LogP contribution in [0.5, 0.6) is 5.75 Å². The number of unbranched alkanes of at least 4 members (excludes halogenated alkanes) is 7. The zero-order valence-corrected chi connectivity index (χ0v) is 20.5. The van der Waals surface area contributed by atoms with Crippen LogP contribution < -0.4 is 10.2 Å². The Bertz CT molecular complexity index is 959. The molecular weight excluding hydrogens is 441 g/mol. The van der Waals surface area contributed by atoms with Crippen molar-refractivity contribution in [1.29, 1.82) is 0 Å². The summed E-state index contributed by atoms with van der Waals surface area (Å²) in [6, 6.07) is 8.40. The van der Waals surface area contributed by atoms with Gasteiger partial charge in [-0.1, -0.05) is 76.1 Å². The number of hydrazine groups is 1. The maximum atomic E-state index is 14.3. The second-order valence-electron chi connectivity index (χ2n) is 9.90. The lowest BCUT2D eigenvalue weighted by Gasteiger charge is -2.38. The first-order valence-corrected chi connectivity index (χ1v) is 12.4. The third-order valence-electron chi connectivity index (χ3n) is 6.48. The minimum absolute atomic E-state index is 0.00889. The number of rotatable bonds is 12. The summed E-state index contributed by atoms with van der Waals surface area (Å²) in [5.41, 5.74) is 1.53. The van der Waals surface area contributed by atoms with E-state index < -0.39 is 23.7 Å². The summed E-state index contributed by atoms with van der Waals surface area (Å²) >= 11 is 0. The standard InChI is InChI=1S/C27H37F3N2O2/c1-4-5-6-7-8-9-10-13-16-34-23-18-21(17-20-14-11-12-15-22(20)23)25(27(28,29)30)32-26(2,3)19-24(33)31-32/h11-12,14-15,17-18,25H,4-10,13,16,19H2,1-3H3,(H,31,33). The van der Waals surface area contributed by atoms with Gasteiger partial charge in [0.25, 0.3) is 0 Å². The SMILES string of the molecule is CCCCCCCCCCOc1cc(C(N2NC(=O)CC2(C)C)C(F)(F)F)cc2ccccc12. The average molecular weight is 479 g/mol. The predicted molar refractivity (Wildman–Crippen MR) is 130 cm³/mol. The number of amides is 1. The van der Waals surface area contributed by atoms with Crippen LogP contribution in [-0.4, -0.2) is 29.2 Å². The Morgan fingerprint density at radius 3 is 2.29 bits per heavy atom. The smallest absolute Gasteiger partial charge is 0.409 e. The minimum Gasteiger partial charge on any atom is -0.493 e. The zero-order valence-electron chi connectivity index (χ0n) is 20.5. The van der Waals surface area contributed by atoms with E-state index in [1.54, 1.807) is 32.0 Å². The predicted octanol–water partition coefficient (Wildman–Crippen LogP) is 7.48. The Balaban J connectivity index is 1.77. The van der Waals surface area contributed by atoms with Crippen LogP contribution in [0.2, 0.25) is 0 Å². The van der Waals surface area contributed by atoms with Crippen LogP contribution in [0.25, 0.3) is 10.8 Å². The van der Waals surface area contributed by atoms with E-state index in [0.29, 0.717) is 17.7 Å². The lowest BCUT2D eigenvalue weighted by Crippen LogP contribution is -2.51. The highest BCUT2D eigenvalue weighted by Gasteiger charge is 2.53. The largest absolute Gasteiger partial charge is 0.493 e. The second kappa shape index (κ2) is 11.4. The molecule has 188 valence electrons. The molecule has 0 aromatic heterocycles. The number of carbonyl (C=O) groups excluding carboxylic acids is 1. The first-order valence-electron chi connectivity index (χ1n) is 12.4. The summed E-state index contributed by atoms with van der Waals surface area (Å²) in [6.07, 6.45) is 4.75. The van der Waals surface area contributed by atoms with Crippen LogP contribution in [0.4, 0.5) is 13.2 Å². The van der Waals surface area contributed by atoms with Crippen molar-refractivity contribution in [3.8, 4) is 5.75 Å². The normalized spacial score (nSPS) is 17.2. The van der Waals surface area contributed by atoms with E-state index >= 15 is 0 Å². The fraction of sp³-hybridized carbons (Fsp3) is 0.593. The number of hydrogen-bond acceptors (Lipinski definition) is 3. The molecule has 1 aliphatic rings. The van der Waals surface area contributed by atoms with Crippen LogP contribution in [-0.2, 0) is 4.79 Å². The van der Waals surface area contributed by atoms with Crippen LogP contribution >= 0.6 is 0 Å². The molecule has 1 atom stereocenters. The van der Waals surface area contributed by atoms with Gasteiger partial charge < -0.3 is 4.74 Å². The van der Waals surface area contributed by atoms with Gasteiger partial charge in [0.05, 0.1) is 6.61 Å². The lowest BCUT2D eigenvalue weighted by atomic mass is 9.95. The third-order valence-corrected chi connectivity index (χ3v) is 6.48. The van der Waals surface area contributed by atoms with Crippen LogP contribution in [0.3, 0.4) is 0 Å². The van der Waals surface area contributed by atoms with E-state index in [4.69, 9.17) is 4.74 Å². The van der Waals surface area contributed by atoms with Crippen molar-refractivity contribution in [2.75, 3.05) is 6.61 Å². The molecule has 1 N–H and O–H groups in total. The number of alkyl halides is 3. The maximum absolute atomic E-state index is 14.3. The van der Waals surface area contributed by atoms with Crippen molar-refractivity contribution in [3.63, 3.8) is 0 Å². The Morgan fingerprint density at radius 1 is 1.03 bits per heavy atom. The topological polar surface area (TPSA) is 41.6 Å². The Morgan fingerprint density at radius 2 is 1.68 bits per heavy atom. The molecule has 2 aromatic carbocycles. The Labute approximate surface area is 200 Å². The number of benzene rings is 2. The molecule has 1 saturated heterocycles. The van der Waals surface area contributed by atoms with Crippen LogP contribution in [0, 0.1) is 0 Å². The molecule has 0 aliphatic carbocycles. The van der Waals surface area contributed by atoms with Crippen LogP contribution in [0.1, 0.15) is 90.2 Å². The van der Waals surface area contributed by atoms with E-state index in [2.05, 4.69) is 12.3 Å². The summed E-state index contributed by atoms with van der Waals surface area (Å²) in [5, 5.41) is 2.52. The molecule has 1 fully saturated rings. The van der Waals surface area contributed by atoms with Crippen molar-refractivity contribution in [3.05, 3.63) is 42.0 Å². The van der Waals surface area contributed by atoms with Gasteiger partial charge in [0.2, 0.25) is 5.91 Å². The summed E-state index contributed by atoms with van der Waals surface area (Å²) in [5.74, 6) is 0.0415. The first kappa shape index (κ1) is 26.3. The number of ether oxygens (including phenoxy) is 1. The molecule has 7 heteroatoms. The fourth-order valence-corrected chi connectivity index (χ4v) is 4.69. The Hall–Kier alpha value is -2.28. The summed E-state index contributed by atoms with van der Waals surface area (Å²) < 4.78 is 49.0. The van der Waals surface area contributed by atoms with Crippen molar-refractivity contribution >= 4 is 16.7 Å². The van der Waals surface area contributed by atoms with E-state index in [1.807, 2.05) is 12.1 Å². The molecule has 1 heterocycles. The van der Waals surface area contributed by atoms with Gasteiger partial charge in [-0.25, -0.2) is 0 Å². The third kappa shape index (κ3) is 6.65. The second-order valence-corrected chi connectivity index (χ2v) is 9.90. The molecule has 2 aromatic rings. The van der Waals surface area contributed by atoms with Gasteiger partial charge in [-0.2, -0.15) is 18.2 Å². The molecule has 1 amide bonds. The van der Waals surface area contributed by atoms with Gasteiger partial charge in [-0.15, -0.1) is 0 Å². The highest BCUT2D eigenvalue weighted by atomic mass is 19.4. The molecular formula is C27H37F3N2O2. The number of hydrogen-bond donors (Lipinski definition) is 1. The van der Waals surface area contributed by atoms with E-state index in [9.17, 15) is 18.0 Å². The molecule has 0 saturated carbocycles. The Kier molecular flexibility index (Phi) is 8.85. The van der Waals surface area contributed by atoms with E-state index in [1.165, 1.54) is 38.2 Å². The van der Waals surface area contributed by atoms with Crippen molar-refractivity contribution < 1.29 is 22.7 Å². The van der Waals surface area contributed by atoms with E-state index in [0.717, 1.165) is 29.7 Å². The van der Waals surface area contributed by atoms with Crippen molar-refractivity contribution in [1.82, 2.24) is 10.4 Å². The van der Waals surface area contributed by atoms with Crippen molar-refractivity contribution in [2.24, 2.45) is 0 Å². The van der Waals surface area contributed by atoms with Crippen molar-refractivity contribution in [2.45, 2.75) is 96.3 Å². The zero-order chi connectivity index (χ0) is 24.8. The molecule has 0 spiro atoms. The molecule has 1 unspecified atom stereocenters. The lowest BCUT2D eigenvalue weighted by molar-refractivity contribution is -0.203. The molecule has 34 heavy (non-hydrogen) atoms.